The summed E-state index contributed by atoms with van der Waals surface area (Å²) in [5, 5.41) is 0. The van der Waals surface area contributed by atoms with E-state index in [1.807, 2.05) is 32.9 Å². The van der Waals surface area contributed by atoms with Crippen LogP contribution in [0.15, 0.2) is 184 Å². The third-order valence-corrected chi connectivity index (χ3v) is 15.9. The number of carbonyl (C=O) groups is 8. The molecule has 4 aromatic carbocycles. The largest absolute Gasteiger partial charge is 0.463 e. The van der Waals surface area contributed by atoms with Crippen molar-refractivity contribution in [1.29, 1.82) is 0 Å². The van der Waals surface area contributed by atoms with Gasteiger partial charge in [0.2, 0.25) is 0 Å². The summed E-state index contributed by atoms with van der Waals surface area (Å²) in [7, 11) is 0. The number of esters is 4. The van der Waals surface area contributed by atoms with Crippen molar-refractivity contribution < 1.29 is 66.8 Å². The van der Waals surface area contributed by atoms with Crippen molar-refractivity contribution in [2.75, 3.05) is 49.4 Å². The van der Waals surface area contributed by atoms with Gasteiger partial charge in [-0.2, -0.15) is 0 Å². The van der Waals surface area contributed by atoms with Crippen LogP contribution >= 0.6 is 0 Å². The molecule has 0 N–H and O–H groups in total. The lowest BCUT2D eigenvalue weighted by atomic mass is 9.82. The van der Waals surface area contributed by atoms with E-state index in [0.717, 1.165) is 53.4 Å². The van der Waals surface area contributed by atoms with Crippen LogP contribution in [0.3, 0.4) is 0 Å². The smallest absolute Gasteiger partial charge is 0.330 e. The minimum Gasteiger partial charge on any atom is -0.463 e. The molecule has 3 aliphatic carbocycles. The van der Waals surface area contributed by atoms with Crippen LogP contribution in [0, 0.1) is 34.5 Å². The number of ether oxygens (including phenoxy) is 6. The normalized spacial score (nSPS) is 20.2. The average molecular weight is 1240 g/mol. The maximum absolute atomic E-state index is 11.2. The van der Waals surface area contributed by atoms with Crippen LogP contribution in [0.2, 0.25) is 0 Å². The first-order valence-corrected chi connectivity index (χ1v) is 30.6. The van der Waals surface area contributed by atoms with Gasteiger partial charge in [-0.25, -0.2) is 29.0 Å². The molecule has 0 aromatic heterocycles. The highest BCUT2D eigenvalue weighted by Gasteiger charge is 2.49. The van der Waals surface area contributed by atoms with Gasteiger partial charge in [-0.3, -0.25) is 19.2 Å². The number of fused-ring (bicyclic) bond motifs is 5. The molecule has 0 spiro atoms. The lowest BCUT2D eigenvalue weighted by Gasteiger charge is -2.43. The highest BCUT2D eigenvalue weighted by molar-refractivity contribution is 6.28. The van der Waals surface area contributed by atoms with Crippen LogP contribution in [0.25, 0.3) is 11.1 Å². The Labute approximate surface area is 533 Å². The lowest BCUT2D eigenvalue weighted by Crippen LogP contribution is -2.50. The Kier molecular flexibility index (Phi) is 33.1. The summed E-state index contributed by atoms with van der Waals surface area (Å²) in [6.07, 6.45) is 21.6. The number of hydrogen-bond donors (Lipinski definition) is 0. The number of imide groups is 2. The van der Waals surface area contributed by atoms with Crippen LogP contribution in [0.1, 0.15) is 112 Å². The van der Waals surface area contributed by atoms with Crippen molar-refractivity contribution in [1.82, 2.24) is 0 Å². The quantitative estimate of drug-likeness (QED) is 0.0418. The van der Waals surface area contributed by atoms with E-state index in [0.29, 0.717) is 37.8 Å². The Hall–Kier alpha value is -8.60. The molecular formula is C74H94N2O14. The van der Waals surface area contributed by atoms with Crippen LogP contribution < -0.4 is 9.80 Å². The van der Waals surface area contributed by atoms with Gasteiger partial charge in [0.25, 0.3) is 23.6 Å². The van der Waals surface area contributed by atoms with Crippen molar-refractivity contribution in [3.63, 3.8) is 0 Å². The molecule has 4 atom stereocenters. The number of carbonyl (C=O) groups excluding carboxylic acids is 8. The minimum absolute atomic E-state index is 0. The number of benzene rings is 4. The van der Waals surface area contributed by atoms with Gasteiger partial charge in [0.05, 0.1) is 43.2 Å². The first-order chi connectivity index (χ1) is 42.8. The van der Waals surface area contributed by atoms with E-state index in [1.54, 1.807) is 101 Å². The van der Waals surface area contributed by atoms with Crippen molar-refractivity contribution in [3.05, 3.63) is 195 Å². The first-order valence-electron chi connectivity index (χ1n) is 30.6. The summed E-state index contributed by atoms with van der Waals surface area (Å²) in [6.45, 7) is 28.8. The second-order valence-corrected chi connectivity index (χ2v) is 22.4. The van der Waals surface area contributed by atoms with E-state index < -0.39 is 23.6 Å². The molecule has 90 heavy (non-hydrogen) atoms. The highest BCUT2D eigenvalue weighted by atomic mass is 16.7. The lowest BCUT2D eigenvalue weighted by molar-refractivity contribution is -0.280. The van der Waals surface area contributed by atoms with Crippen molar-refractivity contribution >= 4 is 58.9 Å². The molecule has 4 unspecified atom stereocenters. The molecular weight excluding hydrogens is 1140 g/mol. The third kappa shape index (κ3) is 23.7. The average Bonchev–Trinajstić information content (AvgIpc) is 1.68. The number of anilines is 2. The molecule has 6 aliphatic rings. The van der Waals surface area contributed by atoms with E-state index in [9.17, 15) is 38.4 Å². The summed E-state index contributed by atoms with van der Waals surface area (Å²) in [5.41, 5.74) is 5.76. The third-order valence-electron chi connectivity index (χ3n) is 15.9. The maximum Gasteiger partial charge on any atom is 0.330 e. The highest BCUT2D eigenvalue weighted by Crippen LogP contribution is 2.58. The molecule has 10 rings (SSSR count). The number of amides is 4. The van der Waals surface area contributed by atoms with E-state index in [1.165, 1.54) is 70.2 Å². The van der Waals surface area contributed by atoms with Crippen molar-refractivity contribution in [2.45, 2.75) is 120 Å². The van der Waals surface area contributed by atoms with E-state index >= 15 is 0 Å². The monoisotopic (exact) mass is 1230 g/mol. The minimum atomic E-state index is -0.505. The van der Waals surface area contributed by atoms with Gasteiger partial charge in [-0.15, -0.1) is 0 Å². The van der Waals surface area contributed by atoms with Crippen LogP contribution in [-0.4, -0.2) is 93.4 Å². The van der Waals surface area contributed by atoms with E-state index in [4.69, 9.17) is 18.9 Å². The number of rotatable bonds is 17. The summed E-state index contributed by atoms with van der Waals surface area (Å²) in [4.78, 5) is 89.7. The van der Waals surface area contributed by atoms with E-state index in [-0.39, 0.29) is 61.6 Å². The molecule has 4 aromatic rings. The molecule has 16 heteroatoms. The molecule has 0 radical (unpaired) electrons. The molecule has 3 saturated carbocycles. The van der Waals surface area contributed by atoms with Crippen LogP contribution in [0.5, 0.6) is 0 Å². The van der Waals surface area contributed by atoms with Gasteiger partial charge in [-0.1, -0.05) is 160 Å². The fraction of sp³-hybridized carbons (Fsp3) is 0.405. The molecule has 3 heterocycles. The predicted octanol–water partition coefficient (Wildman–Crippen LogP) is 13.9. The summed E-state index contributed by atoms with van der Waals surface area (Å²) >= 11 is 0. The topological polar surface area (TPSA) is 198 Å². The second kappa shape index (κ2) is 39.4. The molecule has 3 aliphatic heterocycles. The maximum atomic E-state index is 11.2. The van der Waals surface area contributed by atoms with Gasteiger partial charge in [0.15, 0.2) is 6.29 Å². The van der Waals surface area contributed by atoms with Crippen LogP contribution in [-0.2, 0) is 79.6 Å². The number of nitrogens with zero attached hydrogens (tertiary/aromatic N) is 2. The Morgan fingerprint density at radius 2 is 0.878 bits per heavy atom. The van der Waals surface area contributed by atoms with Gasteiger partial charge in [-0.05, 0) is 135 Å². The van der Waals surface area contributed by atoms with Crippen molar-refractivity contribution in [2.24, 2.45) is 34.5 Å². The SMILES string of the molecule is C.C1CC2C3CCC(C3)C2C1.C=CC(=O)OCC.C=CC(=O)OCC.C=CC(=O)OCC1(CC)COC(C(C)(C)COC(=O)C=C)OC1.CCc1ccc(-c2ccc(CC)cc2)cc1.O=C1C=CC(=O)N1c1ccccc1.O=C1C=CC(=O)N1c1ccccc1. The second-order valence-electron chi connectivity index (χ2n) is 22.4. The van der Waals surface area contributed by atoms with Gasteiger partial charge < -0.3 is 28.4 Å². The summed E-state index contributed by atoms with van der Waals surface area (Å²) < 4.78 is 30.7. The van der Waals surface area contributed by atoms with Gasteiger partial charge >= 0.3 is 23.9 Å². The molecule has 484 valence electrons. The summed E-state index contributed by atoms with van der Waals surface area (Å²) in [5.74, 6) is 2.02. The Morgan fingerprint density at radius 1 is 0.522 bits per heavy atom. The van der Waals surface area contributed by atoms with Gasteiger partial charge in [0, 0.05) is 54.0 Å². The zero-order valence-corrected chi connectivity index (χ0v) is 52.9. The standard InChI is InChI=1S/C17H26O6.C16H18.2C10H7NO2.C10H16.2C5H8O2.CH4/c1-6-13(18)20-9-16(4,5)15-22-11-17(8-3,12-23-15)10-21-14(19)7-2;1-3-13-5-9-15(10-6-13)16-11-7-14(4-2)8-12-16;2*12-9-6-7-10(13)11(9)8-4-2-1-3-5-8;1-2-9-7-4-5-8(6-7)10(9)3-1;2*1-3-5(6)7-4-2;/h6-7,15H,1-2,8-12H2,3-5H3;5-12H,3-4H2,1-2H3;2*1-7H;7-10H,1-6H2;2*3H,1,4H2,2H3;1H4. The summed E-state index contributed by atoms with van der Waals surface area (Å²) in [6, 6.07) is 35.4. The molecule has 16 nitrogen and oxygen atoms in total. The van der Waals surface area contributed by atoms with E-state index in [2.05, 4.69) is 98.2 Å². The van der Waals surface area contributed by atoms with Gasteiger partial charge in [0.1, 0.15) is 13.2 Å². The Bertz CT molecular complexity index is 2840. The molecule has 1 saturated heterocycles. The van der Waals surface area contributed by atoms with Crippen LogP contribution in [0.4, 0.5) is 11.4 Å². The fourth-order valence-electron chi connectivity index (χ4n) is 10.9. The first kappa shape index (κ1) is 75.6. The van der Waals surface area contributed by atoms with Crippen molar-refractivity contribution in [3.8, 4) is 11.1 Å². The number of hydrogen-bond acceptors (Lipinski definition) is 14. The number of para-hydroxylation sites is 2. The molecule has 4 fully saturated rings. The molecule has 4 amide bonds. The number of aryl methyl sites for hydroxylation is 2. The predicted molar refractivity (Wildman–Crippen MR) is 353 cm³/mol. The Morgan fingerprint density at radius 3 is 1.20 bits per heavy atom. The Balaban J connectivity index is 0.000000283. The fourth-order valence-corrected chi connectivity index (χ4v) is 10.9. The zero-order valence-electron chi connectivity index (χ0n) is 52.9. The molecule has 2 bridgehead atoms. The zero-order chi connectivity index (χ0) is 65.4.